The van der Waals surface area contributed by atoms with E-state index in [1.165, 1.54) is 7.11 Å². The molecule has 0 spiro atoms. The first kappa shape index (κ1) is 18.7. The van der Waals surface area contributed by atoms with Crippen LogP contribution in [0.3, 0.4) is 0 Å². The summed E-state index contributed by atoms with van der Waals surface area (Å²) in [7, 11) is 1.49. The first-order valence-corrected chi connectivity index (χ1v) is 10.4. The minimum atomic E-state index is -0.637. The van der Waals surface area contributed by atoms with Gasteiger partial charge in [-0.2, -0.15) is 0 Å². The van der Waals surface area contributed by atoms with E-state index < -0.39 is 12.2 Å². The Balaban J connectivity index is 1.66. The number of esters is 1. The average Bonchev–Trinajstić information content (AvgIpc) is 2.91. The van der Waals surface area contributed by atoms with Crippen LogP contribution in [0, 0.1) is 40.4 Å². The molecule has 0 aromatic carbocycles. The van der Waals surface area contributed by atoms with Crippen molar-refractivity contribution in [3.8, 4) is 0 Å². The van der Waals surface area contributed by atoms with E-state index in [2.05, 4.69) is 13.8 Å². The molecule has 0 amide bonds. The number of nitrogens with two attached hydrogens (primary N) is 1. The molecule has 26 heavy (non-hydrogen) atoms. The highest BCUT2D eigenvalue weighted by Gasteiger charge is 2.64. The Morgan fingerprint density at radius 1 is 1.04 bits per heavy atom. The summed E-state index contributed by atoms with van der Waals surface area (Å²) in [5.74, 6) is 1.74. The summed E-state index contributed by atoms with van der Waals surface area (Å²) in [6.07, 6.45) is 5.20. The minimum absolute atomic E-state index is 0.00827. The Hall–Kier alpha value is -0.650. The second kappa shape index (κ2) is 6.18. The predicted octanol–water partition coefficient (Wildman–Crippen LogP) is 2.09. The fraction of sp³-hybridized carbons (Fsp3) is 0.952. The van der Waals surface area contributed by atoms with Crippen molar-refractivity contribution in [2.24, 2.45) is 46.2 Å². The van der Waals surface area contributed by atoms with E-state index in [9.17, 15) is 15.0 Å². The molecule has 0 saturated heterocycles. The number of carbonyl (C=O) groups is 1. The lowest BCUT2D eigenvalue weighted by atomic mass is 9.43. The zero-order chi connectivity index (χ0) is 18.9. The van der Waals surface area contributed by atoms with Crippen LogP contribution >= 0.6 is 0 Å². The van der Waals surface area contributed by atoms with E-state index in [0.29, 0.717) is 36.5 Å². The Labute approximate surface area is 156 Å². The van der Waals surface area contributed by atoms with Crippen LogP contribution in [0.25, 0.3) is 0 Å². The molecule has 4 aliphatic carbocycles. The van der Waals surface area contributed by atoms with E-state index in [4.69, 9.17) is 10.5 Å². The molecule has 0 aliphatic heterocycles. The summed E-state index contributed by atoms with van der Waals surface area (Å²) in [5, 5.41) is 20.6. The third-order valence-corrected chi connectivity index (χ3v) is 9.17. The van der Waals surface area contributed by atoms with Gasteiger partial charge in [-0.15, -0.1) is 0 Å². The zero-order valence-corrected chi connectivity index (χ0v) is 16.4. The van der Waals surface area contributed by atoms with Crippen LogP contribution in [-0.4, -0.2) is 41.5 Å². The molecule has 5 unspecified atom stereocenters. The van der Waals surface area contributed by atoms with Crippen LogP contribution < -0.4 is 5.73 Å². The standard InChI is InChI=1S/C21H35NO4/c1-20-10-17(24)16(23)8-11(20)4-5-12-13-6-7-14(19(25)26-3)21(13,2)9-15(22)18(12)20/h11-18,23-24H,4-10,22H2,1-3H3/t11?,12-,13-,14?,15?,16?,17?,18-,20-,21-/m0/s1. The molecule has 5 heteroatoms. The summed E-state index contributed by atoms with van der Waals surface area (Å²) in [5.41, 5.74) is 6.74. The Morgan fingerprint density at radius 3 is 2.46 bits per heavy atom. The molecule has 0 bridgehead atoms. The van der Waals surface area contributed by atoms with Crippen molar-refractivity contribution in [2.45, 2.75) is 77.0 Å². The number of carbonyl (C=O) groups excluding carboxylic acids is 1. The van der Waals surface area contributed by atoms with Gasteiger partial charge in [0.05, 0.1) is 25.2 Å². The first-order valence-electron chi connectivity index (χ1n) is 10.4. The van der Waals surface area contributed by atoms with E-state index in [-0.39, 0.29) is 28.8 Å². The molecule has 10 atom stereocenters. The van der Waals surface area contributed by atoms with Gasteiger partial charge in [0.1, 0.15) is 0 Å². The van der Waals surface area contributed by atoms with Gasteiger partial charge < -0.3 is 20.7 Å². The van der Waals surface area contributed by atoms with Crippen molar-refractivity contribution >= 4 is 5.97 Å². The maximum absolute atomic E-state index is 12.4. The SMILES string of the molecule is COC(=O)C1CC[C@H]2[C@@H]3CCC4CC(O)C(O)C[C@]4(C)[C@@H]3C(N)C[C@]12C. The molecule has 5 nitrogen and oxygen atoms in total. The van der Waals surface area contributed by atoms with Crippen LogP contribution in [0.5, 0.6) is 0 Å². The molecule has 0 heterocycles. The zero-order valence-electron chi connectivity index (χ0n) is 16.4. The Morgan fingerprint density at radius 2 is 1.77 bits per heavy atom. The number of hydrogen-bond donors (Lipinski definition) is 3. The quantitative estimate of drug-likeness (QED) is 0.619. The molecule has 4 aliphatic rings. The van der Waals surface area contributed by atoms with Gasteiger partial charge in [0.2, 0.25) is 0 Å². The van der Waals surface area contributed by atoms with Gasteiger partial charge in [-0.05, 0) is 79.4 Å². The van der Waals surface area contributed by atoms with Gasteiger partial charge >= 0.3 is 5.97 Å². The lowest BCUT2D eigenvalue weighted by molar-refractivity contribution is -0.171. The second-order valence-electron chi connectivity index (χ2n) is 10.2. The van der Waals surface area contributed by atoms with Crippen molar-refractivity contribution < 1.29 is 19.7 Å². The Kier molecular flexibility index (Phi) is 4.44. The van der Waals surface area contributed by atoms with Crippen molar-refractivity contribution in [3.05, 3.63) is 0 Å². The highest BCUT2D eigenvalue weighted by atomic mass is 16.5. The number of ether oxygens (including phenoxy) is 1. The van der Waals surface area contributed by atoms with Crippen LogP contribution in [0.4, 0.5) is 0 Å². The van der Waals surface area contributed by atoms with Crippen molar-refractivity contribution in [3.63, 3.8) is 0 Å². The average molecular weight is 366 g/mol. The molecule has 4 saturated carbocycles. The maximum Gasteiger partial charge on any atom is 0.309 e. The molecule has 4 N–H and O–H groups in total. The predicted molar refractivity (Wildman–Crippen MR) is 98.0 cm³/mol. The fourth-order valence-electron chi connectivity index (χ4n) is 8.07. The number of aliphatic hydroxyl groups excluding tert-OH is 2. The van der Waals surface area contributed by atoms with E-state index >= 15 is 0 Å². The molecule has 148 valence electrons. The Bertz CT molecular complexity index is 582. The van der Waals surface area contributed by atoms with Crippen LogP contribution in [0.1, 0.15) is 58.8 Å². The topological polar surface area (TPSA) is 92.8 Å². The van der Waals surface area contributed by atoms with Crippen LogP contribution in [0.2, 0.25) is 0 Å². The van der Waals surface area contributed by atoms with E-state index in [0.717, 1.165) is 32.1 Å². The number of fused-ring (bicyclic) bond motifs is 5. The second-order valence-corrected chi connectivity index (χ2v) is 10.2. The third kappa shape index (κ3) is 2.43. The summed E-state index contributed by atoms with van der Waals surface area (Å²) in [6, 6.07) is 0.0433. The molecule has 0 aromatic rings. The highest BCUT2D eigenvalue weighted by molar-refractivity contribution is 5.73. The number of rotatable bonds is 1. The van der Waals surface area contributed by atoms with Crippen molar-refractivity contribution in [2.75, 3.05) is 7.11 Å². The highest BCUT2D eigenvalue weighted by Crippen LogP contribution is 2.67. The lowest BCUT2D eigenvalue weighted by Gasteiger charge is -2.63. The van der Waals surface area contributed by atoms with E-state index in [1.807, 2.05) is 0 Å². The summed E-state index contributed by atoms with van der Waals surface area (Å²) in [6.45, 7) is 4.56. The molecule has 0 aromatic heterocycles. The number of aliphatic hydroxyl groups is 2. The van der Waals surface area contributed by atoms with Crippen LogP contribution in [-0.2, 0) is 9.53 Å². The lowest BCUT2D eigenvalue weighted by Crippen LogP contribution is -2.63. The summed E-state index contributed by atoms with van der Waals surface area (Å²) in [4.78, 5) is 12.4. The van der Waals surface area contributed by atoms with Crippen molar-refractivity contribution in [1.29, 1.82) is 0 Å². The van der Waals surface area contributed by atoms with Gasteiger partial charge in [0.25, 0.3) is 0 Å². The maximum atomic E-state index is 12.4. The summed E-state index contributed by atoms with van der Waals surface area (Å²) >= 11 is 0. The van der Waals surface area contributed by atoms with Gasteiger partial charge in [-0.25, -0.2) is 0 Å². The monoisotopic (exact) mass is 365 g/mol. The smallest absolute Gasteiger partial charge is 0.309 e. The van der Waals surface area contributed by atoms with Crippen LogP contribution in [0.15, 0.2) is 0 Å². The molecule has 4 fully saturated rings. The largest absolute Gasteiger partial charge is 0.469 e. The molecule has 4 rings (SSSR count). The molecular weight excluding hydrogens is 330 g/mol. The number of methoxy groups -OCH3 is 1. The first-order chi connectivity index (χ1) is 12.2. The fourth-order valence-corrected chi connectivity index (χ4v) is 8.07. The van der Waals surface area contributed by atoms with Gasteiger partial charge in [0, 0.05) is 6.04 Å². The number of hydrogen-bond acceptors (Lipinski definition) is 5. The third-order valence-electron chi connectivity index (χ3n) is 9.17. The van der Waals surface area contributed by atoms with Gasteiger partial charge in [0.15, 0.2) is 0 Å². The normalized spacial score (nSPS) is 56.2. The van der Waals surface area contributed by atoms with Crippen molar-refractivity contribution in [1.82, 2.24) is 0 Å². The van der Waals surface area contributed by atoms with E-state index in [1.54, 1.807) is 0 Å². The molecular formula is C21H35NO4. The molecule has 0 radical (unpaired) electrons. The van der Waals surface area contributed by atoms with Gasteiger partial charge in [-0.3, -0.25) is 4.79 Å². The minimum Gasteiger partial charge on any atom is -0.469 e. The van der Waals surface area contributed by atoms with Gasteiger partial charge in [-0.1, -0.05) is 13.8 Å². The summed E-state index contributed by atoms with van der Waals surface area (Å²) < 4.78 is 5.11.